The molecular formula is C18H27N3. The average molecular weight is 285 g/mol. The van der Waals surface area contributed by atoms with Gasteiger partial charge in [-0.1, -0.05) is 6.07 Å². The molecule has 114 valence electrons. The van der Waals surface area contributed by atoms with Crippen molar-refractivity contribution in [2.75, 3.05) is 11.4 Å². The molecule has 1 unspecified atom stereocenters. The quantitative estimate of drug-likeness (QED) is 0.917. The molecule has 1 aromatic carbocycles. The molecule has 1 N–H and O–H groups in total. The second-order valence-electron chi connectivity index (χ2n) is 7.11. The number of benzene rings is 1. The van der Waals surface area contributed by atoms with Crippen molar-refractivity contribution < 1.29 is 0 Å². The molecule has 2 rings (SSSR count). The van der Waals surface area contributed by atoms with Crippen LogP contribution in [-0.4, -0.2) is 18.1 Å². The summed E-state index contributed by atoms with van der Waals surface area (Å²) in [6.45, 7) is 10.6. The Balaban J connectivity index is 2.18. The van der Waals surface area contributed by atoms with Gasteiger partial charge in [0.25, 0.3) is 0 Å². The average Bonchev–Trinajstić information content (AvgIpc) is 2.45. The van der Waals surface area contributed by atoms with Gasteiger partial charge in [-0.2, -0.15) is 5.26 Å². The maximum atomic E-state index is 9.49. The van der Waals surface area contributed by atoms with Crippen LogP contribution in [0.25, 0.3) is 0 Å². The van der Waals surface area contributed by atoms with Crippen LogP contribution >= 0.6 is 0 Å². The first-order chi connectivity index (χ1) is 9.90. The van der Waals surface area contributed by atoms with Gasteiger partial charge in [0.2, 0.25) is 0 Å². The van der Waals surface area contributed by atoms with E-state index in [1.807, 2.05) is 6.07 Å². The Hall–Kier alpha value is -1.53. The van der Waals surface area contributed by atoms with E-state index in [0.29, 0.717) is 6.04 Å². The van der Waals surface area contributed by atoms with Crippen LogP contribution in [0.5, 0.6) is 0 Å². The summed E-state index contributed by atoms with van der Waals surface area (Å²) in [5.74, 6) is 0. The number of nitriles is 1. The lowest BCUT2D eigenvalue weighted by Gasteiger charge is -2.36. The predicted molar refractivity (Wildman–Crippen MR) is 88.4 cm³/mol. The van der Waals surface area contributed by atoms with E-state index >= 15 is 0 Å². The van der Waals surface area contributed by atoms with Crippen molar-refractivity contribution in [3.8, 4) is 6.07 Å². The van der Waals surface area contributed by atoms with Gasteiger partial charge in [0.15, 0.2) is 0 Å². The topological polar surface area (TPSA) is 39.1 Å². The fourth-order valence-corrected chi connectivity index (χ4v) is 2.86. The zero-order valence-corrected chi connectivity index (χ0v) is 13.7. The second kappa shape index (κ2) is 6.49. The number of nitrogens with one attached hydrogen (secondary N) is 1. The summed E-state index contributed by atoms with van der Waals surface area (Å²) in [5.41, 5.74) is 3.17. The SMILES string of the molecule is CC1CCCCN1c1ccc(CNC(C)(C)C)cc1C#N. The van der Waals surface area contributed by atoms with Gasteiger partial charge in [0.1, 0.15) is 6.07 Å². The lowest BCUT2D eigenvalue weighted by Crippen LogP contribution is -2.38. The van der Waals surface area contributed by atoms with Crippen LogP contribution in [0.2, 0.25) is 0 Å². The van der Waals surface area contributed by atoms with Gasteiger partial charge in [-0.25, -0.2) is 0 Å². The Morgan fingerprint density at radius 3 is 2.71 bits per heavy atom. The van der Waals surface area contributed by atoms with E-state index in [4.69, 9.17) is 0 Å². The first-order valence-corrected chi connectivity index (χ1v) is 7.95. The molecule has 0 saturated carbocycles. The third-order valence-electron chi connectivity index (χ3n) is 4.12. The van der Waals surface area contributed by atoms with Crippen LogP contribution in [0.15, 0.2) is 18.2 Å². The predicted octanol–water partition coefficient (Wildman–Crippen LogP) is 3.83. The van der Waals surface area contributed by atoms with E-state index in [-0.39, 0.29) is 5.54 Å². The standard InChI is InChI=1S/C18H27N3/c1-14-7-5-6-10-21(14)17-9-8-15(11-16(17)12-19)13-20-18(2,3)4/h8-9,11,14,20H,5-7,10,13H2,1-4H3. The molecule has 1 aliphatic rings. The third kappa shape index (κ3) is 4.22. The minimum Gasteiger partial charge on any atom is -0.368 e. The zero-order chi connectivity index (χ0) is 15.5. The monoisotopic (exact) mass is 285 g/mol. The Morgan fingerprint density at radius 1 is 1.33 bits per heavy atom. The highest BCUT2D eigenvalue weighted by Crippen LogP contribution is 2.28. The normalized spacial score (nSPS) is 19.4. The molecule has 0 spiro atoms. The molecule has 3 heteroatoms. The number of hydrogen-bond acceptors (Lipinski definition) is 3. The Bertz CT molecular complexity index is 522. The van der Waals surface area contributed by atoms with Gasteiger partial charge in [-0.15, -0.1) is 0 Å². The fourth-order valence-electron chi connectivity index (χ4n) is 2.86. The highest BCUT2D eigenvalue weighted by molar-refractivity contribution is 5.61. The molecule has 1 aliphatic heterocycles. The molecule has 21 heavy (non-hydrogen) atoms. The van der Waals surface area contributed by atoms with Crippen molar-refractivity contribution >= 4 is 5.69 Å². The summed E-state index contributed by atoms with van der Waals surface area (Å²) in [6, 6.07) is 9.22. The van der Waals surface area contributed by atoms with Crippen LogP contribution in [0, 0.1) is 11.3 Å². The Morgan fingerprint density at radius 2 is 2.10 bits per heavy atom. The van der Waals surface area contributed by atoms with E-state index in [9.17, 15) is 5.26 Å². The maximum Gasteiger partial charge on any atom is 0.101 e. The van der Waals surface area contributed by atoms with Crippen LogP contribution < -0.4 is 10.2 Å². The summed E-state index contributed by atoms with van der Waals surface area (Å²) in [7, 11) is 0. The Kier molecular flexibility index (Phi) is 4.90. The molecular weight excluding hydrogens is 258 g/mol. The van der Waals surface area contributed by atoms with E-state index in [0.717, 1.165) is 24.3 Å². The zero-order valence-electron chi connectivity index (χ0n) is 13.7. The van der Waals surface area contributed by atoms with Crippen LogP contribution in [0.3, 0.4) is 0 Å². The van der Waals surface area contributed by atoms with Gasteiger partial charge in [0.05, 0.1) is 11.3 Å². The highest BCUT2D eigenvalue weighted by atomic mass is 15.2. The van der Waals surface area contributed by atoms with E-state index in [2.05, 4.69) is 56.1 Å². The summed E-state index contributed by atoms with van der Waals surface area (Å²) in [6.07, 6.45) is 3.74. The second-order valence-corrected chi connectivity index (χ2v) is 7.11. The largest absolute Gasteiger partial charge is 0.368 e. The van der Waals surface area contributed by atoms with Gasteiger partial charge < -0.3 is 10.2 Å². The van der Waals surface area contributed by atoms with E-state index < -0.39 is 0 Å². The van der Waals surface area contributed by atoms with Crippen LogP contribution in [0.1, 0.15) is 58.1 Å². The lowest BCUT2D eigenvalue weighted by molar-refractivity contribution is 0.424. The number of nitrogens with zero attached hydrogens (tertiary/aromatic N) is 2. The summed E-state index contributed by atoms with van der Waals surface area (Å²) >= 11 is 0. The molecule has 3 nitrogen and oxygen atoms in total. The summed E-state index contributed by atoms with van der Waals surface area (Å²) < 4.78 is 0. The lowest BCUT2D eigenvalue weighted by atomic mass is 10.00. The smallest absolute Gasteiger partial charge is 0.101 e. The molecule has 0 bridgehead atoms. The van der Waals surface area contributed by atoms with Gasteiger partial charge in [0, 0.05) is 24.7 Å². The van der Waals surface area contributed by atoms with Gasteiger partial charge in [-0.3, -0.25) is 0 Å². The van der Waals surface area contributed by atoms with Crippen LogP contribution in [0.4, 0.5) is 5.69 Å². The Labute approximate surface area is 129 Å². The first-order valence-electron chi connectivity index (χ1n) is 7.95. The molecule has 1 atom stereocenters. The molecule has 1 saturated heterocycles. The molecule has 1 aromatic rings. The first kappa shape index (κ1) is 15.9. The maximum absolute atomic E-state index is 9.49. The van der Waals surface area contributed by atoms with Crippen LogP contribution in [-0.2, 0) is 6.54 Å². The minimum absolute atomic E-state index is 0.0901. The molecule has 1 heterocycles. The highest BCUT2D eigenvalue weighted by Gasteiger charge is 2.21. The summed E-state index contributed by atoms with van der Waals surface area (Å²) in [4.78, 5) is 2.39. The van der Waals surface area contributed by atoms with Crippen molar-refractivity contribution in [3.63, 3.8) is 0 Å². The van der Waals surface area contributed by atoms with E-state index in [1.54, 1.807) is 0 Å². The van der Waals surface area contributed by atoms with Crippen molar-refractivity contribution in [2.24, 2.45) is 0 Å². The fraction of sp³-hybridized carbons (Fsp3) is 0.611. The number of hydrogen-bond donors (Lipinski definition) is 1. The van der Waals surface area contributed by atoms with Gasteiger partial charge >= 0.3 is 0 Å². The summed E-state index contributed by atoms with van der Waals surface area (Å²) in [5, 5.41) is 13.0. The number of anilines is 1. The van der Waals surface area contributed by atoms with Crippen molar-refractivity contribution in [2.45, 2.75) is 65.1 Å². The molecule has 0 aromatic heterocycles. The number of piperidine rings is 1. The molecule has 0 aliphatic carbocycles. The minimum atomic E-state index is 0.0901. The van der Waals surface area contributed by atoms with Gasteiger partial charge in [-0.05, 0) is 64.7 Å². The molecule has 1 fully saturated rings. The van der Waals surface area contributed by atoms with Crippen molar-refractivity contribution in [1.29, 1.82) is 5.26 Å². The van der Waals surface area contributed by atoms with E-state index in [1.165, 1.54) is 24.8 Å². The molecule has 0 radical (unpaired) electrons. The molecule has 0 amide bonds. The number of rotatable bonds is 3. The van der Waals surface area contributed by atoms with Crippen molar-refractivity contribution in [3.05, 3.63) is 29.3 Å². The third-order valence-corrected chi connectivity index (χ3v) is 4.12. The van der Waals surface area contributed by atoms with Crippen molar-refractivity contribution in [1.82, 2.24) is 5.32 Å².